The Labute approximate surface area is 128 Å². The number of carbonyl (C=O) groups is 1. The van der Waals surface area contributed by atoms with Crippen LogP contribution in [-0.2, 0) is 11.2 Å². The fourth-order valence-corrected chi connectivity index (χ4v) is 3.39. The average Bonchev–Trinajstić information content (AvgIpc) is 2.85. The molecule has 1 N–H and O–H groups in total. The lowest BCUT2D eigenvalue weighted by Gasteiger charge is -2.38. The van der Waals surface area contributed by atoms with Gasteiger partial charge in [-0.1, -0.05) is 30.3 Å². The van der Waals surface area contributed by atoms with E-state index in [9.17, 15) is 4.79 Å². The Balaban J connectivity index is 1.45. The van der Waals surface area contributed by atoms with Gasteiger partial charge >= 0.3 is 0 Å². The predicted molar refractivity (Wildman–Crippen MR) is 85.7 cm³/mol. The normalized spacial score (nSPS) is 15.7. The first-order chi connectivity index (χ1) is 10.2. The Morgan fingerprint density at radius 2 is 2.14 bits per heavy atom. The molecular weight excluding hydrogens is 282 g/mol. The molecule has 0 aliphatic carbocycles. The van der Waals surface area contributed by atoms with Gasteiger partial charge in [-0.05, 0) is 12.0 Å². The van der Waals surface area contributed by atoms with Crippen molar-refractivity contribution in [2.45, 2.75) is 19.3 Å². The molecule has 4 nitrogen and oxygen atoms in total. The lowest BCUT2D eigenvalue weighted by molar-refractivity contribution is -0.114. The first-order valence-electron chi connectivity index (χ1n) is 7.20. The monoisotopic (exact) mass is 301 g/mol. The van der Waals surface area contributed by atoms with Crippen molar-refractivity contribution in [3.63, 3.8) is 0 Å². The molecule has 1 aliphatic heterocycles. The minimum atomic E-state index is -0.0611. The molecule has 1 fully saturated rings. The number of anilines is 1. The zero-order chi connectivity index (χ0) is 14.7. The molecule has 0 unspecified atom stereocenters. The van der Waals surface area contributed by atoms with Gasteiger partial charge in [-0.3, -0.25) is 4.79 Å². The third kappa shape index (κ3) is 3.68. The summed E-state index contributed by atoms with van der Waals surface area (Å²) in [5.41, 5.74) is 2.50. The van der Waals surface area contributed by atoms with Crippen LogP contribution in [0, 0.1) is 0 Å². The maximum Gasteiger partial charge on any atom is 0.223 e. The van der Waals surface area contributed by atoms with Crippen LogP contribution in [0.25, 0.3) is 0 Å². The van der Waals surface area contributed by atoms with E-state index in [1.807, 2.05) is 0 Å². The van der Waals surface area contributed by atoms with Crippen molar-refractivity contribution < 1.29 is 4.79 Å². The Kier molecular flexibility index (Phi) is 4.31. The van der Waals surface area contributed by atoms with Gasteiger partial charge in [0.15, 0.2) is 5.13 Å². The molecule has 1 amide bonds. The summed E-state index contributed by atoms with van der Waals surface area (Å²) in [6, 6.07) is 10.6. The molecule has 0 radical (unpaired) electrons. The zero-order valence-electron chi connectivity index (χ0n) is 12.1. The number of thiazole rings is 1. The number of nitrogens with one attached hydrogen (secondary N) is 1. The first-order valence-corrected chi connectivity index (χ1v) is 8.08. The van der Waals surface area contributed by atoms with E-state index < -0.39 is 0 Å². The number of hydrogen-bond acceptors (Lipinski definition) is 4. The quantitative estimate of drug-likeness (QED) is 0.923. The van der Waals surface area contributed by atoms with Gasteiger partial charge in [0.2, 0.25) is 5.91 Å². The van der Waals surface area contributed by atoms with Gasteiger partial charge in [-0.15, -0.1) is 11.3 Å². The van der Waals surface area contributed by atoms with Crippen LogP contribution in [0.3, 0.4) is 0 Å². The van der Waals surface area contributed by atoms with E-state index >= 15 is 0 Å². The van der Waals surface area contributed by atoms with Gasteiger partial charge in [0.25, 0.3) is 0 Å². The van der Waals surface area contributed by atoms with Crippen LogP contribution in [0.5, 0.6) is 0 Å². The largest absolute Gasteiger partial charge is 0.302 e. The van der Waals surface area contributed by atoms with E-state index in [0.29, 0.717) is 11.0 Å². The molecular formula is C16H19N3OS. The summed E-state index contributed by atoms with van der Waals surface area (Å²) >= 11 is 1.51. The molecule has 0 spiro atoms. The fraction of sp³-hybridized carbons (Fsp3) is 0.375. The number of rotatable bonds is 5. The van der Waals surface area contributed by atoms with Crippen molar-refractivity contribution in [1.29, 1.82) is 0 Å². The van der Waals surface area contributed by atoms with Crippen LogP contribution in [0.1, 0.15) is 24.1 Å². The lowest BCUT2D eigenvalue weighted by Crippen LogP contribution is -2.45. The van der Waals surface area contributed by atoms with Crippen molar-refractivity contribution in [3.8, 4) is 0 Å². The van der Waals surface area contributed by atoms with Crippen LogP contribution in [-0.4, -0.2) is 35.4 Å². The van der Waals surface area contributed by atoms with Gasteiger partial charge in [0.05, 0.1) is 5.69 Å². The third-order valence-corrected chi connectivity index (χ3v) is 4.52. The second kappa shape index (κ2) is 6.37. The van der Waals surface area contributed by atoms with Crippen LogP contribution in [0.4, 0.5) is 5.13 Å². The average molecular weight is 301 g/mol. The van der Waals surface area contributed by atoms with Gasteiger partial charge in [-0.2, -0.15) is 0 Å². The minimum Gasteiger partial charge on any atom is -0.302 e. The number of nitrogens with zero attached hydrogens (tertiary/aromatic N) is 2. The molecule has 1 aliphatic rings. The van der Waals surface area contributed by atoms with E-state index in [2.05, 4.69) is 50.9 Å². The molecule has 2 aromatic rings. The van der Waals surface area contributed by atoms with E-state index in [0.717, 1.165) is 31.7 Å². The van der Waals surface area contributed by atoms with Gasteiger partial charge in [0.1, 0.15) is 0 Å². The van der Waals surface area contributed by atoms with Gasteiger partial charge in [-0.25, -0.2) is 4.98 Å². The summed E-state index contributed by atoms with van der Waals surface area (Å²) < 4.78 is 0. The molecule has 0 bridgehead atoms. The maximum atomic E-state index is 11.0. The molecule has 0 saturated carbocycles. The second-order valence-corrected chi connectivity index (χ2v) is 6.31. The van der Waals surface area contributed by atoms with Gasteiger partial charge in [0, 0.05) is 37.9 Å². The fourth-order valence-electron chi connectivity index (χ4n) is 2.55. The molecule has 110 valence electrons. The summed E-state index contributed by atoms with van der Waals surface area (Å²) in [6.45, 7) is 4.74. The van der Waals surface area contributed by atoms with Crippen LogP contribution in [0.15, 0.2) is 35.7 Å². The van der Waals surface area contributed by atoms with E-state index in [1.54, 1.807) is 0 Å². The van der Waals surface area contributed by atoms with Crippen molar-refractivity contribution in [2.75, 3.05) is 25.0 Å². The highest BCUT2D eigenvalue weighted by Crippen LogP contribution is 2.29. The standard InChI is InChI=1S/C16H19N3OS/c1-12(20)17-16-18-15(11-21-16)14-9-19(10-14)8-7-13-5-3-2-4-6-13/h2-6,11,14H,7-10H2,1H3,(H,17,18,20). The molecule has 2 heterocycles. The van der Waals surface area contributed by atoms with E-state index in [-0.39, 0.29) is 5.91 Å². The number of carbonyl (C=O) groups excluding carboxylic acids is 1. The Morgan fingerprint density at radius 1 is 1.38 bits per heavy atom. The highest BCUT2D eigenvalue weighted by molar-refractivity contribution is 7.13. The maximum absolute atomic E-state index is 11.0. The van der Waals surface area contributed by atoms with E-state index in [4.69, 9.17) is 0 Å². The summed E-state index contributed by atoms with van der Waals surface area (Å²) in [4.78, 5) is 17.9. The Hall–Kier alpha value is -1.72. The number of aromatic nitrogens is 1. The molecule has 0 atom stereocenters. The highest BCUT2D eigenvalue weighted by atomic mass is 32.1. The van der Waals surface area contributed by atoms with Crippen molar-refractivity contribution in [1.82, 2.24) is 9.88 Å². The van der Waals surface area contributed by atoms with E-state index in [1.165, 1.54) is 23.8 Å². The summed E-state index contributed by atoms with van der Waals surface area (Å²) in [5, 5.41) is 5.51. The molecule has 1 aromatic heterocycles. The smallest absolute Gasteiger partial charge is 0.223 e. The van der Waals surface area contributed by atoms with Crippen molar-refractivity contribution >= 4 is 22.4 Å². The van der Waals surface area contributed by atoms with Gasteiger partial charge < -0.3 is 10.2 Å². The van der Waals surface area contributed by atoms with Crippen molar-refractivity contribution in [3.05, 3.63) is 47.0 Å². The predicted octanol–water partition coefficient (Wildman–Crippen LogP) is 2.74. The minimum absolute atomic E-state index is 0.0611. The van der Waals surface area contributed by atoms with Crippen LogP contribution >= 0.6 is 11.3 Å². The number of likely N-dealkylation sites (tertiary alicyclic amines) is 1. The zero-order valence-corrected chi connectivity index (χ0v) is 12.9. The SMILES string of the molecule is CC(=O)Nc1nc(C2CN(CCc3ccccc3)C2)cs1. The Morgan fingerprint density at radius 3 is 2.86 bits per heavy atom. The third-order valence-electron chi connectivity index (χ3n) is 3.74. The number of hydrogen-bond donors (Lipinski definition) is 1. The summed E-state index contributed by atoms with van der Waals surface area (Å²) in [5.74, 6) is 0.452. The number of benzene rings is 1. The lowest BCUT2D eigenvalue weighted by atomic mass is 9.96. The topological polar surface area (TPSA) is 45.2 Å². The molecule has 1 saturated heterocycles. The van der Waals surface area contributed by atoms with Crippen molar-refractivity contribution in [2.24, 2.45) is 0 Å². The summed E-state index contributed by atoms with van der Waals surface area (Å²) in [7, 11) is 0. The van der Waals surface area contributed by atoms with Crippen LogP contribution in [0.2, 0.25) is 0 Å². The van der Waals surface area contributed by atoms with Crippen LogP contribution < -0.4 is 5.32 Å². The number of amides is 1. The second-order valence-electron chi connectivity index (χ2n) is 5.45. The summed E-state index contributed by atoms with van der Waals surface area (Å²) in [6.07, 6.45) is 1.10. The molecule has 5 heteroatoms. The molecule has 3 rings (SSSR count). The Bertz CT molecular complexity index is 605. The molecule has 21 heavy (non-hydrogen) atoms. The molecule has 1 aromatic carbocycles. The first kappa shape index (κ1) is 14.2. The highest BCUT2D eigenvalue weighted by Gasteiger charge is 2.29.